The molecule has 5 rings (SSSR count). The van der Waals surface area contributed by atoms with Gasteiger partial charge in [0.1, 0.15) is 5.75 Å². The van der Waals surface area contributed by atoms with Crippen molar-refractivity contribution >= 4 is 35.1 Å². The van der Waals surface area contributed by atoms with Gasteiger partial charge in [-0.25, -0.2) is 9.69 Å². The highest BCUT2D eigenvalue weighted by molar-refractivity contribution is 6.32. The van der Waals surface area contributed by atoms with Crippen molar-refractivity contribution in [1.82, 2.24) is 0 Å². The molecule has 1 aliphatic heterocycles. The molecule has 2 aromatic rings. The van der Waals surface area contributed by atoms with Gasteiger partial charge in [0.25, 0.3) is 0 Å². The summed E-state index contributed by atoms with van der Waals surface area (Å²) < 4.78 is 5.35. The summed E-state index contributed by atoms with van der Waals surface area (Å²) in [6.07, 6.45) is 4.99. The summed E-state index contributed by atoms with van der Waals surface area (Å²) in [7, 11) is 0. The van der Waals surface area contributed by atoms with Crippen molar-refractivity contribution in [3.63, 3.8) is 0 Å². The lowest BCUT2D eigenvalue weighted by molar-refractivity contribution is -0.123. The number of fused-ring (bicyclic) bond motifs is 5. The van der Waals surface area contributed by atoms with E-state index in [4.69, 9.17) is 16.3 Å². The third kappa shape index (κ3) is 2.50. The third-order valence-electron chi connectivity index (χ3n) is 5.85. The van der Waals surface area contributed by atoms with Crippen molar-refractivity contribution in [2.24, 2.45) is 23.7 Å². The SMILES string of the molecule is O=C(Oc1ccccc1Cl)c1cccc(N2C(=O)[C@@H]3[C@H](C2=O)[C@@H]2C=C[C@H]3C2)c1. The minimum atomic E-state index is -0.601. The number of ether oxygens (including phenoxy) is 1. The highest BCUT2D eigenvalue weighted by atomic mass is 35.5. The molecule has 2 aromatic carbocycles. The molecule has 6 heteroatoms. The van der Waals surface area contributed by atoms with Crippen LogP contribution in [0.2, 0.25) is 5.02 Å². The lowest BCUT2D eigenvalue weighted by Gasteiger charge is -2.18. The lowest BCUT2D eigenvalue weighted by Crippen LogP contribution is -2.33. The van der Waals surface area contributed by atoms with Gasteiger partial charge >= 0.3 is 5.97 Å². The van der Waals surface area contributed by atoms with Crippen molar-refractivity contribution in [2.45, 2.75) is 6.42 Å². The van der Waals surface area contributed by atoms with Gasteiger partial charge in [0.05, 0.1) is 28.1 Å². The van der Waals surface area contributed by atoms with Crippen LogP contribution in [-0.4, -0.2) is 17.8 Å². The zero-order valence-corrected chi connectivity index (χ0v) is 15.5. The fourth-order valence-electron chi connectivity index (χ4n) is 4.62. The molecule has 140 valence electrons. The summed E-state index contributed by atoms with van der Waals surface area (Å²) in [5, 5.41) is 0.327. The van der Waals surface area contributed by atoms with E-state index in [9.17, 15) is 14.4 Å². The number of anilines is 1. The van der Waals surface area contributed by atoms with Crippen molar-refractivity contribution in [3.8, 4) is 5.75 Å². The van der Waals surface area contributed by atoms with Gasteiger partial charge in [-0.1, -0.05) is 42.0 Å². The molecule has 1 saturated heterocycles. The highest BCUT2D eigenvalue weighted by Crippen LogP contribution is 2.53. The first-order chi connectivity index (χ1) is 13.5. The summed E-state index contributed by atoms with van der Waals surface area (Å²) in [5.74, 6) is -0.967. The first-order valence-corrected chi connectivity index (χ1v) is 9.55. The number of carbonyl (C=O) groups excluding carboxylic acids is 3. The number of hydrogen-bond acceptors (Lipinski definition) is 4. The van der Waals surface area contributed by atoms with Crippen LogP contribution in [0.1, 0.15) is 16.8 Å². The molecule has 2 bridgehead atoms. The summed E-state index contributed by atoms with van der Waals surface area (Å²) in [5.41, 5.74) is 0.647. The normalized spacial score (nSPS) is 27.4. The van der Waals surface area contributed by atoms with Gasteiger partial charge < -0.3 is 4.74 Å². The molecule has 4 atom stereocenters. The van der Waals surface area contributed by atoms with E-state index in [0.717, 1.165) is 6.42 Å². The second kappa shape index (κ2) is 6.31. The van der Waals surface area contributed by atoms with E-state index in [1.54, 1.807) is 42.5 Å². The topological polar surface area (TPSA) is 63.7 Å². The number of halogens is 1. The molecule has 2 aliphatic carbocycles. The minimum Gasteiger partial charge on any atom is -0.421 e. The lowest BCUT2D eigenvalue weighted by atomic mass is 9.85. The Kier molecular flexibility index (Phi) is 3.88. The van der Waals surface area contributed by atoms with E-state index in [2.05, 4.69) is 12.2 Å². The number of carbonyl (C=O) groups is 3. The molecule has 0 N–H and O–H groups in total. The van der Waals surface area contributed by atoms with Crippen molar-refractivity contribution in [3.05, 3.63) is 71.3 Å². The van der Waals surface area contributed by atoms with Crippen LogP contribution in [0.3, 0.4) is 0 Å². The van der Waals surface area contributed by atoms with E-state index >= 15 is 0 Å². The summed E-state index contributed by atoms with van der Waals surface area (Å²) in [4.78, 5) is 39.6. The molecule has 5 nitrogen and oxygen atoms in total. The number of esters is 1. The molecule has 0 spiro atoms. The van der Waals surface area contributed by atoms with Gasteiger partial charge in [-0.15, -0.1) is 0 Å². The number of imide groups is 1. The molecule has 3 aliphatic rings. The Balaban J connectivity index is 1.42. The van der Waals surface area contributed by atoms with Crippen LogP contribution >= 0.6 is 11.6 Å². The quantitative estimate of drug-likeness (QED) is 0.343. The second-order valence-electron chi connectivity index (χ2n) is 7.38. The molecule has 0 unspecified atom stereocenters. The standard InChI is InChI=1S/C22H16ClNO4/c23-16-6-1-2-7-17(16)28-22(27)14-4-3-5-15(11-14)24-20(25)18-12-8-9-13(10-12)19(18)21(24)26/h1-9,11-13,18-19H,10H2/t12-,13+,18-,19+. The Morgan fingerprint density at radius 3 is 2.32 bits per heavy atom. The number of hydrogen-bond donors (Lipinski definition) is 0. The maximum absolute atomic E-state index is 12.9. The number of amides is 2. The van der Waals surface area contributed by atoms with E-state index in [1.165, 1.54) is 11.0 Å². The Labute approximate surface area is 166 Å². The predicted molar refractivity (Wildman–Crippen MR) is 103 cm³/mol. The van der Waals surface area contributed by atoms with Crippen LogP contribution < -0.4 is 9.64 Å². The number of allylic oxidation sites excluding steroid dienone is 2. The maximum Gasteiger partial charge on any atom is 0.343 e. The second-order valence-corrected chi connectivity index (χ2v) is 7.79. The van der Waals surface area contributed by atoms with Crippen molar-refractivity contribution in [1.29, 1.82) is 0 Å². The van der Waals surface area contributed by atoms with E-state index in [1.807, 2.05) is 0 Å². The Hall–Kier alpha value is -2.92. The van der Waals surface area contributed by atoms with Crippen LogP contribution in [0.5, 0.6) is 5.75 Å². The Bertz CT molecular complexity index is 1020. The number of benzene rings is 2. The van der Waals surface area contributed by atoms with Gasteiger partial charge in [0, 0.05) is 0 Å². The van der Waals surface area contributed by atoms with Gasteiger partial charge in [0.15, 0.2) is 0 Å². The monoisotopic (exact) mass is 393 g/mol. The Morgan fingerprint density at radius 2 is 1.64 bits per heavy atom. The molecule has 2 fully saturated rings. The molecule has 0 radical (unpaired) electrons. The zero-order valence-electron chi connectivity index (χ0n) is 14.7. The summed E-state index contributed by atoms with van der Waals surface area (Å²) in [6, 6.07) is 13.1. The number of rotatable bonds is 3. The summed E-state index contributed by atoms with van der Waals surface area (Å²) in [6.45, 7) is 0. The average molecular weight is 394 g/mol. The first-order valence-electron chi connectivity index (χ1n) is 9.17. The fraction of sp³-hybridized carbons (Fsp3) is 0.227. The van der Waals surface area contributed by atoms with Crippen LogP contribution in [0, 0.1) is 23.7 Å². The molecular weight excluding hydrogens is 378 g/mol. The predicted octanol–water partition coefficient (Wildman–Crippen LogP) is 3.87. The van der Waals surface area contributed by atoms with Gasteiger partial charge in [-0.05, 0) is 48.6 Å². The average Bonchev–Trinajstić information content (AvgIpc) is 3.37. The highest BCUT2D eigenvalue weighted by Gasteiger charge is 2.59. The molecule has 1 saturated carbocycles. The largest absolute Gasteiger partial charge is 0.421 e. The van der Waals surface area contributed by atoms with Crippen LogP contribution in [0.25, 0.3) is 0 Å². The van der Waals surface area contributed by atoms with E-state index in [-0.39, 0.29) is 46.8 Å². The fourth-order valence-corrected chi connectivity index (χ4v) is 4.79. The van der Waals surface area contributed by atoms with Crippen molar-refractivity contribution in [2.75, 3.05) is 4.90 Å². The van der Waals surface area contributed by atoms with E-state index in [0.29, 0.717) is 10.7 Å². The van der Waals surface area contributed by atoms with Gasteiger partial charge in [0.2, 0.25) is 11.8 Å². The summed E-state index contributed by atoms with van der Waals surface area (Å²) >= 11 is 6.04. The molecule has 28 heavy (non-hydrogen) atoms. The molecular formula is C22H16ClNO4. The van der Waals surface area contributed by atoms with Gasteiger partial charge in [-0.2, -0.15) is 0 Å². The molecule has 0 aromatic heterocycles. The Morgan fingerprint density at radius 1 is 0.964 bits per heavy atom. The van der Waals surface area contributed by atoms with Crippen molar-refractivity contribution < 1.29 is 19.1 Å². The number of para-hydroxylation sites is 1. The molecule has 2 amide bonds. The number of nitrogens with zero attached hydrogens (tertiary/aromatic N) is 1. The smallest absolute Gasteiger partial charge is 0.343 e. The zero-order chi connectivity index (χ0) is 19.4. The maximum atomic E-state index is 12.9. The minimum absolute atomic E-state index is 0.143. The molecule has 1 heterocycles. The first kappa shape index (κ1) is 17.2. The van der Waals surface area contributed by atoms with Crippen LogP contribution in [-0.2, 0) is 9.59 Å². The van der Waals surface area contributed by atoms with Crippen LogP contribution in [0.4, 0.5) is 5.69 Å². The third-order valence-corrected chi connectivity index (χ3v) is 6.16. The van der Waals surface area contributed by atoms with Crippen LogP contribution in [0.15, 0.2) is 60.7 Å². The van der Waals surface area contributed by atoms with Gasteiger partial charge in [-0.3, -0.25) is 9.59 Å². The van der Waals surface area contributed by atoms with E-state index < -0.39 is 5.97 Å².